The summed E-state index contributed by atoms with van der Waals surface area (Å²) in [6, 6.07) is 5.48. The van der Waals surface area contributed by atoms with Gasteiger partial charge in [-0.2, -0.15) is 0 Å². The Balaban J connectivity index is 1.95. The molecule has 6 heteroatoms. The lowest BCUT2D eigenvalue weighted by atomic mass is 10.1. The van der Waals surface area contributed by atoms with Crippen LogP contribution in [0.5, 0.6) is 0 Å². The molecule has 100 valence electrons. The van der Waals surface area contributed by atoms with Crippen molar-refractivity contribution in [3.05, 3.63) is 52.7 Å². The summed E-state index contributed by atoms with van der Waals surface area (Å²) in [5.41, 5.74) is 0.485. The number of aromatic nitrogens is 1. The van der Waals surface area contributed by atoms with Gasteiger partial charge >= 0.3 is 5.69 Å². The lowest BCUT2D eigenvalue weighted by Gasteiger charge is -2.14. The van der Waals surface area contributed by atoms with Crippen molar-refractivity contribution in [2.24, 2.45) is 0 Å². The van der Waals surface area contributed by atoms with Gasteiger partial charge in [0.25, 0.3) is 0 Å². The fourth-order valence-electron chi connectivity index (χ4n) is 1.80. The normalized spacial score (nSPS) is 12.1. The van der Waals surface area contributed by atoms with Crippen LogP contribution in [0.1, 0.15) is 19.1 Å². The number of hydrogen-bond donors (Lipinski definition) is 1. The van der Waals surface area contributed by atoms with Crippen molar-refractivity contribution < 1.29 is 9.34 Å². The molecule has 2 aromatic rings. The predicted molar refractivity (Wildman–Crippen MR) is 71.0 cm³/mol. The molecule has 0 aliphatic heterocycles. The van der Waals surface area contributed by atoms with Gasteiger partial charge in [-0.15, -0.1) is 0 Å². The van der Waals surface area contributed by atoms with Gasteiger partial charge in [0.2, 0.25) is 0 Å². The molecule has 0 bridgehead atoms. The molecule has 0 amide bonds. The Morgan fingerprint density at radius 1 is 1.53 bits per heavy atom. The lowest BCUT2D eigenvalue weighted by molar-refractivity contribution is -0.384. The van der Waals surface area contributed by atoms with Gasteiger partial charge < -0.3 is 9.73 Å². The number of pyridine rings is 1. The highest BCUT2D eigenvalue weighted by molar-refractivity contribution is 5.59. The molecule has 2 heterocycles. The number of nitrogens with zero attached hydrogens (tertiary/aromatic N) is 2. The quantitative estimate of drug-likeness (QED) is 0.638. The number of furan rings is 1. The summed E-state index contributed by atoms with van der Waals surface area (Å²) in [5.74, 6) is 0.915. The molecule has 0 fully saturated rings. The Hall–Kier alpha value is -2.37. The zero-order valence-electron chi connectivity index (χ0n) is 10.6. The number of anilines is 1. The van der Waals surface area contributed by atoms with Crippen LogP contribution in [0.3, 0.4) is 0 Å². The molecule has 0 spiro atoms. The Labute approximate surface area is 110 Å². The summed E-state index contributed by atoms with van der Waals surface area (Å²) in [4.78, 5) is 14.2. The smallest absolute Gasteiger partial charge is 0.310 e. The maximum Gasteiger partial charge on any atom is 0.310 e. The van der Waals surface area contributed by atoms with Gasteiger partial charge in [0.05, 0.1) is 11.2 Å². The second-order valence-corrected chi connectivity index (χ2v) is 4.31. The third-order valence-electron chi connectivity index (χ3n) is 2.80. The molecule has 0 aliphatic rings. The summed E-state index contributed by atoms with van der Waals surface area (Å²) < 4.78 is 5.25. The van der Waals surface area contributed by atoms with Gasteiger partial charge in [0.15, 0.2) is 0 Å². The highest BCUT2D eigenvalue weighted by Crippen LogP contribution is 2.23. The topological polar surface area (TPSA) is 81.2 Å². The molecule has 1 atom stereocenters. The van der Waals surface area contributed by atoms with E-state index in [0.29, 0.717) is 5.69 Å². The summed E-state index contributed by atoms with van der Waals surface area (Å²) in [7, 11) is 0. The van der Waals surface area contributed by atoms with E-state index in [2.05, 4.69) is 10.3 Å². The van der Waals surface area contributed by atoms with E-state index >= 15 is 0 Å². The van der Waals surface area contributed by atoms with Crippen molar-refractivity contribution in [3.8, 4) is 0 Å². The Kier molecular flexibility index (Phi) is 4.12. The molecular formula is C13H15N3O3. The predicted octanol–water partition coefficient (Wildman–Crippen LogP) is 3.02. The fraction of sp³-hybridized carbons (Fsp3) is 0.308. The van der Waals surface area contributed by atoms with Crippen LogP contribution in [0.15, 0.2) is 41.3 Å². The van der Waals surface area contributed by atoms with Crippen LogP contribution < -0.4 is 5.32 Å². The maximum absolute atomic E-state index is 10.9. The first-order chi connectivity index (χ1) is 9.16. The maximum atomic E-state index is 10.9. The van der Waals surface area contributed by atoms with Gasteiger partial charge in [0.1, 0.15) is 17.6 Å². The highest BCUT2D eigenvalue weighted by atomic mass is 16.6. The first-order valence-corrected chi connectivity index (χ1v) is 6.04. The number of aryl methyl sites for hydroxylation is 1. The Morgan fingerprint density at radius 3 is 3.05 bits per heavy atom. The van der Waals surface area contributed by atoms with E-state index in [4.69, 9.17) is 4.42 Å². The third-order valence-corrected chi connectivity index (χ3v) is 2.80. The zero-order valence-corrected chi connectivity index (χ0v) is 10.6. The van der Waals surface area contributed by atoms with Crippen LogP contribution in [0.4, 0.5) is 11.4 Å². The van der Waals surface area contributed by atoms with Crippen molar-refractivity contribution in [3.63, 3.8) is 0 Å². The summed E-state index contributed by atoms with van der Waals surface area (Å²) in [5, 5.41) is 14.0. The largest absolute Gasteiger partial charge is 0.469 e. The summed E-state index contributed by atoms with van der Waals surface area (Å²) in [6.07, 6.45) is 6.05. The zero-order chi connectivity index (χ0) is 13.7. The molecule has 0 aromatic carbocycles. The number of hydrogen-bond acceptors (Lipinski definition) is 5. The molecule has 2 rings (SSSR count). The van der Waals surface area contributed by atoms with E-state index in [0.717, 1.165) is 18.6 Å². The summed E-state index contributed by atoms with van der Waals surface area (Å²) >= 11 is 0. The molecular weight excluding hydrogens is 246 g/mol. The van der Waals surface area contributed by atoms with Crippen LogP contribution in [-0.4, -0.2) is 15.9 Å². The molecule has 0 radical (unpaired) electrons. The monoisotopic (exact) mass is 261 g/mol. The van der Waals surface area contributed by atoms with E-state index in [-0.39, 0.29) is 11.7 Å². The first-order valence-electron chi connectivity index (χ1n) is 6.04. The van der Waals surface area contributed by atoms with Gasteiger partial charge in [-0.05, 0) is 31.5 Å². The second-order valence-electron chi connectivity index (χ2n) is 4.31. The van der Waals surface area contributed by atoms with Crippen molar-refractivity contribution >= 4 is 11.4 Å². The van der Waals surface area contributed by atoms with Crippen molar-refractivity contribution in [1.29, 1.82) is 0 Å². The van der Waals surface area contributed by atoms with Crippen LogP contribution in [0.2, 0.25) is 0 Å². The minimum atomic E-state index is -0.436. The average molecular weight is 261 g/mol. The van der Waals surface area contributed by atoms with E-state index in [1.165, 1.54) is 12.4 Å². The molecule has 19 heavy (non-hydrogen) atoms. The van der Waals surface area contributed by atoms with E-state index in [1.807, 2.05) is 19.1 Å². The van der Waals surface area contributed by atoms with Crippen LogP contribution in [0, 0.1) is 10.1 Å². The SMILES string of the molecule is CC(CCc1ccco1)Nc1ccncc1[N+](=O)[O-]. The van der Waals surface area contributed by atoms with Crippen molar-refractivity contribution in [2.45, 2.75) is 25.8 Å². The summed E-state index contributed by atoms with van der Waals surface area (Å²) in [6.45, 7) is 1.98. The fourth-order valence-corrected chi connectivity index (χ4v) is 1.80. The Morgan fingerprint density at radius 2 is 2.37 bits per heavy atom. The minimum absolute atomic E-state index is 0.00708. The van der Waals surface area contributed by atoms with Gasteiger partial charge in [-0.1, -0.05) is 0 Å². The number of rotatable bonds is 6. The third kappa shape index (κ3) is 3.54. The molecule has 1 N–H and O–H groups in total. The van der Waals surface area contributed by atoms with E-state index in [1.54, 1.807) is 12.3 Å². The van der Waals surface area contributed by atoms with Crippen LogP contribution in [-0.2, 0) is 6.42 Å². The number of nitro groups is 1. The number of nitrogens with one attached hydrogen (secondary N) is 1. The van der Waals surface area contributed by atoms with E-state index < -0.39 is 4.92 Å². The highest BCUT2D eigenvalue weighted by Gasteiger charge is 2.15. The standard InChI is InChI=1S/C13H15N3O3/c1-10(4-5-11-3-2-8-19-11)15-12-6-7-14-9-13(12)16(17)18/h2-3,6-10H,4-5H2,1H3,(H,14,15). The minimum Gasteiger partial charge on any atom is -0.469 e. The van der Waals surface area contributed by atoms with Crippen molar-refractivity contribution in [1.82, 2.24) is 4.98 Å². The molecule has 0 saturated carbocycles. The molecule has 1 unspecified atom stereocenters. The average Bonchev–Trinajstić information content (AvgIpc) is 2.90. The van der Waals surface area contributed by atoms with Crippen LogP contribution >= 0.6 is 0 Å². The molecule has 6 nitrogen and oxygen atoms in total. The molecule has 2 aromatic heterocycles. The Bertz CT molecular complexity index is 540. The van der Waals surface area contributed by atoms with E-state index in [9.17, 15) is 10.1 Å². The lowest BCUT2D eigenvalue weighted by Crippen LogP contribution is -2.16. The molecule has 0 aliphatic carbocycles. The van der Waals surface area contributed by atoms with Crippen LogP contribution in [0.25, 0.3) is 0 Å². The first kappa shape index (κ1) is 13.1. The van der Waals surface area contributed by atoms with Gasteiger partial charge in [-0.25, -0.2) is 0 Å². The van der Waals surface area contributed by atoms with Gasteiger partial charge in [-0.3, -0.25) is 15.1 Å². The second kappa shape index (κ2) is 5.99. The van der Waals surface area contributed by atoms with Crippen molar-refractivity contribution in [2.75, 3.05) is 5.32 Å². The molecule has 0 saturated heterocycles. The van der Waals surface area contributed by atoms with Gasteiger partial charge in [0, 0.05) is 18.7 Å².